The lowest BCUT2D eigenvalue weighted by Gasteiger charge is -2.20. The molecule has 1 N–H and O–H groups in total. The van der Waals surface area contributed by atoms with Crippen molar-refractivity contribution in [1.82, 2.24) is 0 Å². The van der Waals surface area contributed by atoms with E-state index in [1.54, 1.807) is 0 Å². The first kappa shape index (κ1) is 13.6. The lowest BCUT2D eigenvalue weighted by atomic mass is 10.1. The molecule has 0 aromatic heterocycles. The van der Waals surface area contributed by atoms with Gasteiger partial charge in [-0.3, -0.25) is 0 Å². The van der Waals surface area contributed by atoms with Gasteiger partial charge in [0.1, 0.15) is 0 Å². The maximum Gasteiger partial charge on any atom is 0.163 e. The van der Waals surface area contributed by atoms with Crippen LogP contribution >= 0.6 is 0 Å². The highest BCUT2D eigenvalue weighted by Crippen LogP contribution is 2.33. The van der Waals surface area contributed by atoms with Crippen molar-refractivity contribution in [3.8, 4) is 11.5 Å². The fraction of sp³-hybridized carbons (Fsp3) is 0.625. The quantitative estimate of drug-likeness (QED) is 0.921. The third kappa shape index (κ3) is 3.18. The second-order valence-electron chi connectivity index (χ2n) is 6.13. The van der Waals surface area contributed by atoms with Crippen LogP contribution in [-0.4, -0.2) is 31.5 Å². The Balaban J connectivity index is 1.59. The van der Waals surface area contributed by atoms with Crippen molar-refractivity contribution in [2.24, 2.45) is 0 Å². The van der Waals surface area contributed by atoms with Crippen molar-refractivity contribution >= 4 is 5.69 Å². The maximum absolute atomic E-state index is 5.98. The van der Waals surface area contributed by atoms with E-state index in [2.05, 4.69) is 19.2 Å². The van der Waals surface area contributed by atoms with Crippen LogP contribution in [0.5, 0.6) is 11.5 Å². The second-order valence-corrected chi connectivity index (χ2v) is 6.13. The van der Waals surface area contributed by atoms with E-state index in [1.165, 1.54) is 0 Å². The number of benzene rings is 1. The predicted octanol–water partition coefficient (Wildman–Crippen LogP) is 3.22. The standard InChI is InChI=1S/C16H23NO3/c1-16(2)7-6-13(20-16)11-17-12-4-5-14-15(10-12)19-9-3-8-18-14/h4-5,10,13,17H,3,6-9,11H2,1-2H3. The average Bonchev–Trinajstić information content (AvgIpc) is 2.63. The number of anilines is 1. The van der Waals surface area contributed by atoms with Gasteiger partial charge in [0.25, 0.3) is 0 Å². The molecule has 3 rings (SSSR count). The van der Waals surface area contributed by atoms with Gasteiger partial charge < -0.3 is 19.5 Å². The van der Waals surface area contributed by atoms with Gasteiger partial charge in [-0.25, -0.2) is 0 Å². The van der Waals surface area contributed by atoms with Crippen LogP contribution < -0.4 is 14.8 Å². The Morgan fingerprint density at radius 3 is 2.75 bits per heavy atom. The van der Waals surface area contributed by atoms with Crippen molar-refractivity contribution in [2.75, 3.05) is 25.1 Å². The monoisotopic (exact) mass is 277 g/mol. The van der Waals surface area contributed by atoms with E-state index >= 15 is 0 Å². The van der Waals surface area contributed by atoms with Gasteiger partial charge in [0, 0.05) is 24.7 Å². The number of ether oxygens (including phenoxy) is 3. The molecule has 2 aliphatic rings. The zero-order valence-corrected chi connectivity index (χ0v) is 12.3. The number of fused-ring (bicyclic) bond motifs is 1. The largest absolute Gasteiger partial charge is 0.490 e. The molecule has 0 amide bonds. The van der Waals surface area contributed by atoms with Crippen LogP contribution in [0.3, 0.4) is 0 Å². The highest BCUT2D eigenvalue weighted by molar-refractivity contribution is 5.55. The molecule has 110 valence electrons. The molecule has 1 saturated heterocycles. The molecule has 2 heterocycles. The number of nitrogens with one attached hydrogen (secondary N) is 1. The fourth-order valence-electron chi connectivity index (χ4n) is 2.73. The van der Waals surface area contributed by atoms with Crippen LogP contribution in [0, 0.1) is 0 Å². The summed E-state index contributed by atoms with van der Waals surface area (Å²) >= 11 is 0. The Hall–Kier alpha value is -1.42. The SMILES string of the molecule is CC1(C)CCC(CNc2ccc3c(c2)OCCCO3)O1. The lowest BCUT2D eigenvalue weighted by Crippen LogP contribution is -2.24. The molecule has 20 heavy (non-hydrogen) atoms. The van der Waals surface area contributed by atoms with Crippen molar-refractivity contribution in [1.29, 1.82) is 0 Å². The molecule has 0 spiro atoms. The molecule has 1 unspecified atom stereocenters. The molecule has 4 nitrogen and oxygen atoms in total. The molecule has 2 aliphatic heterocycles. The van der Waals surface area contributed by atoms with Gasteiger partial charge in [-0.15, -0.1) is 0 Å². The third-order valence-electron chi connectivity index (χ3n) is 3.84. The first-order chi connectivity index (χ1) is 9.62. The van der Waals surface area contributed by atoms with Gasteiger partial charge in [0.05, 0.1) is 24.9 Å². The van der Waals surface area contributed by atoms with E-state index in [-0.39, 0.29) is 5.60 Å². The van der Waals surface area contributed by atoms with Crippen molar-refractivity contribution in [2.45, 2.75) is 44.8 Å². The molecular weight excluding hydrogens is 254 g/mol. The predicted molar refractivity (Wildman–Crippen MR) is 78.7 cm³/mol. The van der Waals surface area contributed by atoms with Gasteiger partial charge in [0.2, 0.25) is 0 Å². The second kappa shape index (κ2) is 5.52. The molecular formula is C16H23NO3. The van der Waals surface area contributed by atoms with Crippen LogP contribution in [0.4, 0.5) is 5.69 Å². The minimum Gasteiger partial charge on any atom is -0.490 e. The first-order valence-electron chi connectivity index (χ1n) is 7.44. The Bertz CT molecular complexity index is 473. The van der Waals surface area contributed by atoms with Crippen molar-refractivity contribution in [3.05, 3.63) is 18.2 Å². The van der Waals surface area contributed by atoms with Crippen LogP contribution in [0.2, 0.25) is 0 Å². The number of hydrogen-bond donors (Lipinski definition) is 1. The Morgan fingerprint density at radius 2 is 2.00 bits per heavy atom. The molecule has 1 aromatic carbocycles. The molecule has 0 bridgehead atoms. The maximum atomic E-state index is 5.98. The highest BCUT2D eigenvalue weighted by Gasteiger charge is 2.31. The summed E-state index contributed by atoms with van der Waals surface area (Å²) in [5.74, 6) is 1.67. The van der Waals surface area contributed by atoms with Gasteiger partial charge in [-0.1, -0.05) is 0 Å². The number of rotatable bonds is 3. The third-order valence-corrected chi connectivity index (χ3v) is 3.84. The molecule has 0 aliphatic carbocycles. The Labute approximate surface area is 120 Å². The van der Waals surface area contributed by atoms with Gasteiger partial charge >= 0.3 is 0 Å². The minimum atomic E-state index is 0.0249. The summed E-state index contributed by atoms with van der Waals surface area (Å²) in [4.78, 5) is 0. The van der Waals surface area contributed by atoms with Crippen LogP contribution in [0.1, 0.15) is 33.1 Å². The molecule has 0 saturated carbocycles. The van der Waals surface area contributed by atoms with E-state index in [1.807, 2.05) is 18.2 Å². The average molecular weight is 277 g/mol. The minimum absolute atomic E-state index is 0.0249. The number of hydrogen-bond acceptors (Lipinski definition) is 4. The summed E-state index contributed by atoms with van der Waals surface area (Å²) in [6, 6.07) is 6.02. The smallest absolute Gasteiger partial charge is 0.163 e. The highest BCUT2D eigenvalue weighted by atomic mass is 16.5. The molecule has 1 aromatic rings. The van der Waals surface area contributed by atoms with Crippen LogP contribution in [0.25, 0.3) is 0 Å². The zero-order valence-electron chi connectivity index (χ0n) is 12.3. The molecule has 1 fully saturated rings. The summed E-state index contributed by atoms with van der Waals surface area (Å²) < 4.78 is 17.3. The zero-order chi connectivity index (χ0) is 14.0. The summed E-state index contributed by atoms with van der Waals surface area (Å²) in [6.07, 6.45) is 3.47. The topological polar surface area (TPSA) is 39.7 Å². The Morgan fingerprint density at radius 1 is 1.20 bits per heavy atom. The molecule has 1 atom stereocenters. The van der Waals surface area contributed by atoms with Gasteiger partial charge in [0.15, 0.2) is 11.5 Å². The van der Waals surface area contributed by atoms with Gasteiger partial charge in [-0.2, -0.15) is 0 Å². The fourth-order valence-corrected chi connectivity index (χ4v) is 2.73. The van der Waals surface area contributed by atoms with Crippen LogP contribution in [0.15, 0.2) is 18.2 Å². The van der Waals surface area contributed by atoms with E-state index in [0.717, 1.165) is 56.2 Å². The summed E-state index contributed by atoms with van der Waals surface area (Å²) in [5.41, 5.74) is 1.08. The van der Waals surface area contributed by atoms with E-state index in [4.69, 9.17) is 14.2 Å². The van der Waals surface area contributed by atoms with Gasteiger partial charge in [-0.05, 0) is 38.8 Å². The van der Waals surface area contributed by atoms with E-state index in [0.29, 0.717) is 6.10 Å². The summed E-state index contributed by atoms with van der Waals surface area (Å²) in [6.45, 7) is 6.59. The van der Waals surface area contributed by atoms with Crippen LogP contribution in [-0.2, 0) is 4.74 Å². The van der Waals surface area contributed by atoms with Crippen molar-refractivity contribution in [3.63, 3.8) is 0 Å². The van der Waals surface area contributed by atoms with Crippen molar-refractivity contribution < 1.29 is 14.2 Å². The molecule has 0 radical (unpaired) electrons. The van der Waals surface area contributed by atoms with E-state index in [9.17, 15) is 0 Å². The first-order valence-corrected chi connectivity index (χ1v) is 7.44. The summed E-state index contributed by atoms with van der Waals surface area (Å²) in [7, 11) is 0. The summed E-state index contributed by atoms with van der Waals surface area (Å²) in [5, 5.41) is 3.43. The van der Waals surface area contributed by atoms with E-state index < -0.39 is 0 Å². The Kier molecular flexibility index (Phi) is 3.74. The normalized spacial score (nSPS) is 24.2. The molecule has 4 heteroatoms. The lowest BCUT2D eigenvalue weighted by molar-refractivity contribution is -0.00911.